The van der Waals surface area contributed by atoms with Crippen LogP contribution < -0.4 is 10.3 Å². The molecule has 1 aromatic heterocycles. The molecule has 8 heteroatoms. The van der Waals surface area contributed by atoms with E-state index in [1.807, 2.05) is 0 Å². The zero-order chi connectivity index (χ0) is 14.8. The number of aliphatic hydroxyl groups is 1. The number of nitrogens with zero attached hydrogens (tertiary/aromatic N) is 1. The van der Waals surface area contributed by atoms with Crippen LogP contribution in [0.15, 0.2) is 46.1 Å². The van der Waals surface area contributed by atoms with E-state index < -0.39 is 21.7 Å². The molecule has 7 nitrogen and oxygen atoms in total. The Morgan fingerprint density at radius 3 is 2.65 bits per heavy atom. The molecule has 3 N–H and O–H groups in total. The summed E-state index contributed by atoms with van der Waals surface area (Å²) in [5.74, 6) is 0.00653. The van der Waals surface area contributed by atoms with Crippen molar-refractivity contribution >= 4 is 15.8 Å². The highest BCUT2D eigenvalue weighted by atomic mass is 32.2. The molecule has 2 aromatic rings. The maximum Gasteiger partial charge on any atom is 0.264 e. The highest BCUT2D eigenvalue weighted by molar-refractivity contribution is 7.92. The zero-order valence-corrected chi connectivity index (χ0v) is 11.4. The van der Waals surface area contributed by atoms with Gasteiger partial charge in [0.2, 0.25) is 0 Å². The van der Waals surface area contributed by atoms with E-state index in [0.717, 1.165) is 6.07 Å². The average Bonchev–Trinajstić information content (AvgIpc) is 2.41. The van der Waals surface area contributed by atoms with Crippen LogP contribution in [0.25, 0.3) is 0 Å². The molecule has 20 heavy (non-hydrogen) atoms. The van der Waals surface area contributed by atoms with Crippen LogP contribution in [0.3, 0.4) is 0 Å². The lowest BCUT2D eigenvalue weighted by Crippen LogP contribution is -2.16. The van der Waals surface area contributed by atoms with E-state index in [4.69, 9.17) is 0 Å². The van der Waals surface area contributed by atoms with Gasteiger partial charge in [-0.1, -0.05) is 12.1 Å². The third kappa shape index (κ3) is 3.22. The van der Waals surface area contributed by atoms with Crippen molar-refractivity contribution in [3.8, 4) is 0 Å². The van der Waals surface area contributed by atoms with Crippen molar-refractivity contribution in [3.05, 3.63) is 52.3 Å². The number of anilines is 1. The van der Waals surface area contributed by atoms with Gasteiger partial charge in [-0.25, -0.2) is 13.5 Å². The first kappa shape index (κ1) is 14.2. The molecule has 0 saturated carbocycles. The van der Waals surface area contributed by atoms with Gasteiger partial charge >= 0.3 is 0 Å². The topological polar surface area (TPSA) is 112 Å². The van der Waals surface area contributed by atoms with Gasteiger partial charge in [0.05, 0.1) is 11.0 Å². The van der Waals surface area contributed by atoms with Crippen LogP contribution in [0.1, 0.15) is 18.6 Å². The summed E-state index contributed by atoms with van der Waals surface area (Å²) in [6.07, 6.45) is -0.767. The van der Waals surface area contributed by atoms with Crippen molar-refractivity contribution < 1.29 is 13.5 Å². The van der Waals surface area contributed by atoms with Gasteiger partial charge in [0, 0.05) is 6.07 Å². The molecule has 1 aromatic carbocycles. The monoisotopic (exact) mass is 295 g/mol. The maximum atomic E-state index is 12.1. The van der Waals surface area contributed by atoms with Crippen molar-refractivity contribution in [2.45, 2.75) is 17.9 Å². The van der Waals surface area contributed by atoms with Crippen LogP contribution >= 0.6 is 0 Å². The van der Waals surface area contributed by atoms with Crippen LogP contribution in [-0.4, -0.2) is 23.7 Å². The summed E-state index contributed by atoms with van der Waals surface area (Å²) in [4.78, 5) is 10.9. The maximum absolute atomic E-state index is 12.1. The van der Waals surface area contributed by atoms with E-state index in [-0.39, 0.29) is 10.7 Å². The van der Waals surface area contributed by atoms with E-state index in [9.17, 15) is 18.3 Å². The summed E-state index contributed by atoms with van der Waals surface area (Å²) in [6, 6.07) is 8.36. The Morgan fingerprint density at radius 1 is 1.30 bits per heavy atom. The lowest BCUT2D eigenvalue weighted by molar-refractivity contribution is 0.199. The van der Waals surface area contributed by atoms with Crippen LogP contribution in [0.2, 0.25) is 0 Å². The van der Waals surface area contributed by atoms with Gasteiger partial charge in [-0.3, -0.25) is 9.52 Å². The normalized spacial score (nSPS) is 12.9. The number of aromatic amines is 1. The number of sulfonamides is 1. The summed E-state index contributed by atoms with van der Waals surface area (Å²) < 4.78 is 26.5. The van der Waals surface area contributed by atoms with Gasteiger partial charge < -0.3 is 5.11 Å². The molecule has 0 fully saturated rings. The fourth-order valence-corrected chi connectivity index (χ4v) is 2.60. The predicted molar refractivity (Wildman–Crippen MR) is 72.7 cm³/mol. The first-order chi connectivity index (χ1) is 9.38. The summed E-state index contributed by atoms with van der Waals surface area (Å²) in [5.41, 5.74) is 0.0614. The number of hydrogen-bond acceptors (Lipinski definition) is 5. The highest BCUT2D eigenvalue weighted by Crippen LogP contribution is 2.18. The quantitative estimate of drug-likeness (QED) is 0.765. The van der Waals surface area contributed by atoms with E-state index in [2.05, 4.69) is 14.9 Å². The van der Waals surface area contributed by atoms with Gasteiger partial charge in [-0.2, -0.15) is 5.10 Å². The smallest absolute Gasteiger partial charge is 0.264 e. The first-order valence-corrected chi connectivity index (χ1v) is 7.23. The number of aromatic nitrogens is 2. The molecule has 0 aliphatic rings. The summed E-state index contributed by atoms with van der Waals surface area (Å²) in [6.45, 7) is 1.54. The summed E-state index contributed by atoms with van der Waals surface area (Å²) in [5, 5.41) is 15.2. The molecule has 1 unspecified atom stereocenters. The van der Waals surface area contributed by atoms with Crippen molar-refractivity contribution in [2.75, 3.05) is 4.72 Å². The first-order valence-electron chi connectivity index (χ1n) is 5.75. The second-order valence-corrected chi connectivity index (χ2v) is 5.84. The molecule has 0 spiro atoms. The molecule has 0 aliphatic heterocycles. The number of H-pyrrole nitrogens is 1. The highest BCUT2D eigenvalue weighted by Gasteiger charge is 2.16. The largest absolute Gasteiger partial charge is 0.389 e. The molecule has 0 radical (unpaired) electrons. The van der Waals surface area contributed by atoms with Crippen LogP contribution in [0.5, 0.6) is 0 Å². The molecule has 1 heterocycles. The predicted octanol–water partition coefficient (Wildman–Crippen LogP) is 0.624. The Kier molecular flexibility index (Phi) is 3.86. The number of hydrogen-bond donors (Lipinski definition) is 3. The van der Waals surface area contributed by atoms with E-state index in [1.54, 1.807) is 13.0 Å². The Balaban J connectivity index is 2.33. The lowest BCUT2D eigenvalue weighted by atomic mass is 10.1. The molecule has 0 bridgehead atoms. The minimum absolute atomic E-state index is 0.00361. The standard InChI is InChI=1S/C12H13N3O4S/c1-8(16)9-3-2-4-10(7-9)20(18,19)15-11-5-6-12(17)14-13-11/h2-8,16H,1H3,(H,13,15)(H,14,17). The molecule has 106 valence electrons. The van der Waals surface area contributed by atoms with Crippen molar-refractivity contribution in [1.82, 2.24) is 10.2 Å². The average molecular weight is 295 g/mol. The molecular formula is C12H13N3O4S. The minimum atomic E-state index is -3.83. The van der Waals surface area contributed by atoms with Gasteiger partial charge in [0.1, 0.15) is 0 Å². The number of nitrogens with one attached hydrogen (secondary N) is 2. The molecular weight excluding hydrogens is 282 g/mol. The van der Waals surface area contributed by atoms with Gasteiger partial charge in [0.15, 0.2) is 5.82 Å². The Bertz CT molecular complexity index is 748. The molecule has 1 atom stereocenters. The van der Waals surface area contributed by atoms with E-state index >= 15 is 0 Å². The Hall–Kier alpha value is -2.19. The molecule has 0 saturated heterocycles. The van der Waals surface area contributed by atoms with Gasteiger partial charge in [-0.15, -0.1) is 0 Å². The second-order valence-electron chi connectivity index (χ2n) is 4.16. The van der Waals surface area contributed by atoms with E-state index in [0.29, 0.717) is 5.56 Å². The van der Waals surface area contributed by atoms with E-state index in [1.165, 1.54) is 24.3 Å². The van der Waals surface area contributed by atoms with Gasteiger partial charge in [0.25, 0.3) is 15.6 Å². The molecule has 0 amide bonds. The number of benzene rings is 1. The third-order valence-corrected chi connectivity index (χ3v) is 3.92. The third-order valence-electron chi connectivity index (χ3n) is 2.57. The second kappa shape index (κ2) is 5.43. The zero-order valence-electron chi connectivity index (χ0n) is 10.6. The number of rotatable bonds is 4. The van der Waals surface area contributed by atoms with Crippen LogP contribution in [0, 0.1) is 0 Å². The van der Waals surface area contributed by atoms with Crippen LogP contribution in [0.4, 0.5) is 5.82 Å². The fourth-order valence-electron chi connectivity index (χ4n) is 1.54. The van der Waals surface area contributed by atoms with Crippen molar-refractivity contribution in [3.63, 3.8) is 0 Å². The van der Waals surface area contributed by atoms with Crippen molar-refractivity contribution in [2.24, 2.45) is 0 Å². The fraction of sp³-hybridized carbons (Fsp3) is 0.167. The Morgan fingerprint density at radius 2 is 2.05 bits per heavy atom. The minimum Gasteiger partial charge on any atom is -0.389 e. The Labute approximate surface area is 115 Å². The SMILES string of the molecule is CC(O)c1cccc(S(=O)(=O)Nc2ccc(=O)[nH]n2)c1. The van der Waals surface area contributed by atoms with Gasteiger partial charge in [-0.05, 0) is 30.7 Å². The number of aliphatic hydroxyl groups excluding tert-OH is 1. The van der Waals surface area contributed by atoms with Crippen molar-refractivity contribution in [1.29, 1.82) is 0 Å². The summed E-state index contributed by atoms with van der Waals surface area (Å²) >= 11 is 0. The lowest BCUT2D eigenvalue weighted by Gasteiger charge is -2.09. The van der Waals surface area contributed by atoms with Crippen LogP contribution in [-0.2, 0) is 10.0 Å². The molecule has 2 rings (SSSR count). The molecule has 0 aliphatic carbocycles. The summed E-state index contributed by atoms with van der Waals surface area (Å²) in [7, 11) is -3.83.